The van der Waals surface area contributed by atoms with Crippen LogP contribution in [0.3, 0.4) is 0 Å². The van der Waals surface area contributed by atoms with E-state index in [4.69, 9.17) is 9.15 Å². The summed E-state index contributed by atoms with van der Waals surface area (Å²) in [4.78, 5) is 16.5. The van der Waals surface area contributed by atoms with Crippen molar-refractivity contribution in [3.8, 4) is 5.75 Å². The highest BCUT2D eigenvalue weighted by atomic mass is 32.2. The second-order valence-corrected chi connectivity index (χ2v) is 10.1. The molecule has 3 aromatic rings. The lowest BCUT2D eigenvalue weighted by atomic mass is 10.1. The SMILES string of the molecule is CS(=O)(=O)CCN1CCN(C(=O)c2ccc(COc3ccc4ccccc4c3)o2)CC1. The van der Waals surface area contributed by atoms with Crippen molar-refractivity contribution in [2.75, 3.05) is 44.7 Å². The number of furan rings is 1. The minimum atomic E-state index is -2.98. The van der Waals surface area contributed by atoms with Gasteiger partial charge in [0, 0.05) is 39.0 Å². The zero-order valence-corrected chi connectivity index (χ0v) is 18.3. The van der Waals surface area contributed by atoms with Crippen LogP contribution in [0.25, 0.3) is 10.8 Å². The highest BCUT2D eigenvalue weighted by Gasteiger charge is 2.24. The van der Waals surface area contributed by atoms with Gasteiger partial charge in [-0.05, 0) is 35.0 Å². The summed E-state index contributed by atoms with van der Waals surface area (Å²) in [7, 11) is -2.98. The quantitative estimate of drug-likeness (QED) is 0.560. The standard InChI is InChI=1S/C23H26N2O5S/c1-31(27,28)15-14-24-10-12-25(13-11-24)23(26)22-9-8-21(30-22)17-29-20-7-6-18-4-2-3-5-19(18)16-20/h2-9,16H,10-15,17H2,1H3. The second-order valence-electron chi connectivity index (χ2n) is 7.83. The van der Waals surface area contributed by atoms with Gasteiger partial charge in [-0.25, -0.2) is 8.42 Å². The second kappa shape index (κ2) is 9.11. The number of fused-ring (bicyclic) bond motifs is 1. The third kappa shape index (κ3) is 5.65. The number of hydrogen-bond acceptors (Lipinski definition) is 6. The summed E-state index contributed by atoms with van der Waals surface area (Å²) >= 11 is 0. The third-order valence-corrected chi connectivity index (χ3v) is 6.34. The van der Waals surface area contributed by atoms with Crippen LogP contribution in [0, 0.1) is 0 Å². The number of carbonyl (C=O) groups excluding carboxylic acids is 1. The predicted molar refractivity (Wildman–Crippen MR) is 119 cm³/mol. The van der Waals surface area contributed by atoms with Crippen molar-refractivity contribution in [2.45, 2.75) is 6.61 Å². The summed E-state index contributed by atoms with van der Waals surface area (Å²) in [6.45, 7) is 3.14. The van der Waals surface area contributed by atoms with Crippen LogP contribution in [0.4, 0.5) is 0 Å². The molecule has 2 aromatic carbocycles. The summed E-state index contributed by atoms with van der Waals surface area (Å²) in [5.74, 6) is 1.61. The number of nitrogens with zero attached hydrogens (tertiary/aromatic N) is 2. The van der Waals surface area contributed by atoms with Crippen LogP contribution < -0.4 is 4.74 Å². The van der Waals surface area contributed by atoms with Crippen molar-refractivity contribution in [2.24, 2.45) is 0 Å². The van der Waals surface area contributed by atoms with E-state index in [2.05, 4.69) is 11.0 Å². The Balaban J connectivity index is 1.29. The molecule has 0 spiro atoms. The molecule has 164 valence electrons. The van der Waals surface area contributed by atoms with Gasteiger partial charge in [0.2, 0.25) is 0 Å². The van der Waals surface area contributed by atoms with E-state index < -0.39 is 9.84 Å². The van der Waals surface area contributed by atoms with Crippen molar-refractivity contribution in [3.63, 3.8) is 0 Å². The van der Waals surface area contributed by atoms with Crippen LogP contribution in [0.1, 0.15) is 16.3 Å². The van der Waals surface area contributed by atoms with Crippen LogP contribution in [0.2, 0.25) is 0 Å². The van der Waals surface area contributed by atoms with Crippen molar-refractivity contribution in [3.05, 3.63) is 66.1 Å². The molecule has 0 radical (unpaired) electrons. The van der Waals surface area contributed by atoms with Crippen molar-refractivity contribution in [1.29, 1.82) is 0 Å². The van der Waals surface area contributed by atoms with Crippen molar-refractivity contribution in [1.82, 2.24) is 9.80 Å². The fourth-order valence-electron chi connectivity index (χ4n) is 3.61. The maximum atomic E-state index is 12.7. The number of amides is 1. The Hall–Kier alpha value is -2.84. The van der Waals surface area contributed by atoms with Crippen LogP contribution in [0.15, 0.2) is 59.0 Å². The highest BCUT2D eigenvalue weighted by molar-refractivity contribution is 7.90. The maximum Gasteiger partial charge on any atom is 0.289 e. The minimum absolute atomic E-state index is 0.139. The molecule has 1 aliphatic rings. The smallest absolute Gasteiger partial charge is 0.289 e. The van der Waals surface area contributed by atoms with Gasteiger partial charge in [0.15, 0.2) is 5.76 Å². The van der Waals surface area contributed by atoms with E-state index in [0.29, 0.717) is 44.2 Å². The first-order valence-electron chi connectivity index (χ1n) is 10.3. The Morgan fingerprint density at radius 3 is 2.48 bits per heavy atom. The number of carbonyl (C=O) groups is 1. The molecule has 0 N–H and O–H groups in total. The molecule has 31 heavy (non-hydrogen) atoms. The third-order valence-electron chi connectivity index (χ3n) is 5.41. The van der Waals surface area contributed by atoms with Gasteiger partial charge in [-0.2, -0.15) is 0 Å². The summed E-state index contributed by atoms with van der Waals surface area (Å²) in [5.41, 5.74) is 0. The molecule has 8 heteroatoms. The van der Waals surface area contributed by atoms with Gasteiger partial charge in [0.1, 0.15) is 28.0 Å². The molecule has 1 amide bonds. The summed E-state index contributed by atoms with van der Waals surface area (Å²) in [6.07, 6.45) is 1.24. The van der Waals surface area contributed by atoms with E-state index in [1.807, 2.05) is 36.4 Å². The molecule has 7 nitrogen and oxygen atoms in total. The molecule has 0 bridgehead atoms. The molecule has 0 atom stereocenters. The van der Waals surface area contributed by atoms with Crippen LogP contribution in [0.5, 0.6) is 5.75 Å². The fraction of sp³-hybridized carbons (Fsp3) is 0.348. The lowest BCUT2D eigenvalue weighted by Gasteiger charge is -2.34. The van der Waals surface area contributed by atoms with Crippen LogP contribution >= 0.6 is 0 Å². The molecule has 4 rings (SSSR count). The fourth-order valence-corrected chi connectivity index (χ4v) is 4.20. The zero-order valence-electron chi connectivity index (χ0n) is 17.5. The minimum Gasteiger partial charge on any atom is -0.486 e. The van der Waals surface area contributed by atoms with Gasteiger partial charge >= 0.3 is 0 Å². The topological polar surface area (TPSA) is 80.1 Å². The summed E-state index contributed by atoms with van der Waals surface area (Å²) in [5, 5.41) is 2.25. The van der Waals surface area contributed by atoms with Gasteiger partial charge in [-0.15, -0.1) is 0 Å². The summed E-state index contributed by atoms with van der Waals surface area (Å²) in [6, 6.07) is 17.4. The zero-order chi connectivity index (χ0) is 21.8. The molecule has 0 saturated carbocycles. The normalized spacial score (nSPS) is 15.3. The van der Waals surface area contributed by atoms with Crippen LogP contribution in [-0.2, 0) is 16.4 Å². The maximum absolute atomic E-state index is 12.7. The first-order valence-corrected chi connectivity index (χ1v) is 12.3. The number of ether oxygens (including phenoxy) is 1. The molecule has 0 unspecified atom stereocenters. The molecule has 0 aliphatic carbocycles. The van der Waals surface area contributed by atoms with E-state index in [9.17, 15) is 13.2 Å². The number of rotatable bonds is 7. The van der Waals surface area contributed by atoms with E-state index in [1.165, 1.54) is 6.26 Å². The van der Waals surface area contributed by atoms with E-state index in [0.717, 1.165) is 16.5 Å². The Morgan fingerprint density at radius 1 is 1.00 bits per heavy atom. The van der Waals surface area contributed by atoms with Crippen LogP contribution in [-0.4, -0.2) is 68.9 Å². The van der Waals surface area contributed by atoms with E-state index in [-0.39, 0.29) is 18.3 Å². The molecule has 1 fully saturated rings. The Morgan fingerprint density at radius 2 is 1.74 bits per heavy atom. The molecule has 1 aliphatic heterocycles. The number of hydrogen-bond donors (Lipinski definition) is 0. The highest BCUT2D eigenvalue weighted by Crippen LogP contribution is 2.22. The van der Waals surface area contributed by atoms with Gasteiger partial charge in [-0.1, -0.05) is 30.3 Å². The van der Waals surface area contributed by atoms with Gasteiger partial charge in [-0.3, -0.25) is 9.69 Å². The first kappa shape index (κ1) is 21.4. The molecular formula is C23H26N2O5S. The molecule has 2 heterocycles. The van der Waals surface area contributed by atoms with Gasteiger partial charge < -0.3 is 14.1 Å². The van der Waals surface area contributed by atoms with Gasteiger partial charge in [0.25, 0.3) is 5.91 Å². The molecule has 1 saturated heterocycles. The Labute approximate surface area is 182 Å². The number of sulfone groups is 1. The van der Waals surface area contributed by atoms with Crippen molar-refractivity contribution >= 4 is 26.5 Å². The van der Waals surface area contributed by atoms with E-state index in [1.54, 1.807) is 17.0 Å². The average molecular weight is 443 g/mol. The lowest BCUT2D eigenvalue weighted by molar-refractivity contribution is 0.0609. The number of piperazine rings is 1. The predicted octanol–water partition coefficient (Wildman–Crippen LogP) is 2.81. The Kier molecular flexibility index (Phi) is 6.29. The molecular weight excluding hydrogens is 416 g/mol. The number of benzene rings is 2. The summed E-state index contributed by atoms with van der Waals surface area (Å²) < 4.78 is 34.2. The molecule has 1 aromatic heterocycles. The average Bonchev–Trinajstić information content (AvgIpc) is 3.24. The van der Waals surface area contributed by atoms with E-state index >= 15 is 0 Å². The first-order chi connectivity index (χ1) is 14.9. The lowest BCUT2D eigenvalue weighted by Crippen LogP contribution is -2.49. The Bertz CT molecular complexity index is 1160. The largest absolute Gasteiger partial charge is 0.486 e. The monoisotopic (exact) mass is 442 g/mol. The van der Waals surface area contributed by atoms with Crippen molar-refractivity contribution < 1.29 is 22.4 Å². The van der Waals surface area contributed by atoms with Gasteiger partial charge in [0.05, 0.1) is 5.75 Å².